The molecule has 0 aliphatic carbocycles. The molecule has 2 aromatic rings. The van der Waals surface area contributed by atoms with Gasteiger partial charge in [0.25, 0.3) is 0 Å². The Kier molecular flexibility index (Phi) is 6.95. The Morgan fingerprint density at radius 1 is 0.947 bits per heavy atom. The number of aliphatic hydroxyl groups excluding tert-OH is 1. The molecule has 0 unspecified atom stereocenters. The van der Waals surface area contributed by atoms with Crippen LogP contribution in [0.5, 0.6) is 0 Å². The highest BCUT2D eigenvalue weighted by Gasteiger charge is 2.02. The first-order valence-electron chi connectivity index (χ1n) is 5.96. The highest BCUT2D eigenvalue weighted by atomic mass is 35.5. The largest absolute Gasteiger partial charge is 0.395 e. The first-order chi connectivity index (χ1) is 8.78. The Morgan fingerprint density at radius 2 is 1.53 bits per heavy atom. The quantitative estimate of drug-likeness (QED) is 0.891. The average molecular weight is 296 g/mol. The average Bonchev–Trinajstić information content (AvgIpc) is 2.42. The van der Waals surface area contributed by atoms with Gasteiger partial charge in [0.15, 0.2) is 0 Å². The van der Waals surface area contributed by atoms with Crippen LogP contribution in [0.15, 0.2) is 64.4 Å². The first kappa shape index (κ1) is 16.1. The molecular formula is C15H18ClNOS. The third kappa shape index (κ3) is 5.25. The standard InChI is InChI=1S/C15H17NOS.ClH/c16-13(11-17)10-12-6-8-15(9-7-12)18-14-4-2-1-3-5-14;/h1-9,13,17H,10-11,16H2;1H/t13-;/m0./s1. The van der Waals surface area contributed by atoms with Crippen LogP contribution in [-0.2, 0) is 6.42 Å². The molecule has 1 atom stereocenters. The summed E-state index contributed by atoms with van der Waals surface area (Å²) in [6.45, 7) is 0.0283. The molecule has 0 aliphatic heterocycles. The number of hydrogen-bond acceptors (Lipinski definition) is 3. The Balaban J connectivity index is 0.00000180. The highest BCUT2D eigenvalue weighted by Crippen LogP contribution is 2.27. The van der Waals surface area contributed by atoms with Crippen molar-refractivity contribution in [1.29, 1.82) is 0 Å². The molecule has 3 N–H and O–H groups in total. The first-order valence-corrected chi connectivity index (χ1v) is 6.78. The number of halogens is 1. The zero-order valence-electron chi connectivity index (χ0n) is 10.5. The van der Waals surface area contributed by atoms with Gasteiger partial charge in [0.05, 0.1) is 6.61 Å². The Morgan fingerprint density at radius 3 is 2.11 bits per heavy atom. The van der Waals surface area contributed by atoms with Crippen molar-refractivity contribution in [2.45, 2.75) is 22.3 Å². The number of aliphatic hydroxyl groups is 1. The molecule has 2 aromatic carbocycles. The summed E-state index contributed by atoms with van der Waals surface area (Å²) in [5.74, 6) is 0. The third-order valence-electron chi connectivity index (χ3n) is 2.63. The number of benzene rings is 2. The highest BCUT2D eigenvalue weighted by molar-refractivity contribution is 7.99. The minimum Gasteiger partial charge on any atom is -0.395 e. The third-order valence-corrected chi connectivity index (χ3v) is 3.65. The molecule has 0 radical (unpaired) electrons. The molecule has 0 amide bonds. The number of hydrogen-bond donors (Lipinski definition) is 2. The summed E-state index contributed by atoms with van der Waals surface area (Å²) in [5, 5.41) is 8.92. The van der Waals surface area contributed by atoms with Gasteiger partial charge in [-0.3, -0.25) is 0 Å². The van der Waals surface area contributed by atoms with Crippen LogP contribution in [0.25, 0.3) is 0 Å². The zero-order valence-corrected chi connectivity index (χ0v) is 12.2. The number of rotatable bonds is 5. The lowest BCUT2D eigenvalue weighted by Gasteiger charge is -2.08. The van der Waals surface area contributed by atoms with Crippen LogP contribution in [0.3, 0.4) is 0 Å². The van der Waals surface area contributed by atoms with Crippen LogP contribution in [0.1, 0.15) is 5.56 Å². The molecule has 0 saturated heterocycles. The van der Waals surface area contributed by atoms with Crippen molar-refractivity contribution < 1.29 is 5.11 Å². The molecule has 0 heterocycles. The lowest BCUT2D eigenvalue weighted by Crippen LogP contribution is -2.26. The maximum absolute atomic E-state index is 8.92. The minimum atomic E-state index is -0.169. The summed E-state index contributed by atoms with van der Waals surface area (Å²) in [6, 6.07) is 18.4. The Hall–Kier alpha value is -1.00. The normalized spacial score (nSPS) is 11.7. The van der Waals surface area contributed by atoms with Gasteiger partial charge in [0, 0.05) is 15.8 Å². The summed E-state index contributed by atoms with van der Waals surface area (Å²) < 4.78 is 0. The van der Waals surface area contributed by atoms with E-state index in [2.05, 4.69) is 36.4 Å². The molecule has 0 spiro atoms. The lowest BCUT2D eigenvalue weighted by molar-refractivity contribution is 0.265. The second-order valence-electron chi connectivity index (χ2n) is 4.21. The lowest BCUT2D eigenvalue weighted by atomic mass is 10.1. The maximum Gasteiger partial charge on any atom is 0.0585 e. The second-order valence-corrected chi connectivity index (χ2v) is 5.35. The topological polar surface area (TPSA) is 46.2 Å². The van der Waals surface area contributed by atoms with E-state index in [4.69, 9.17) is 10.8 Å². The molecule has 4 heteroatoms. The van der Waals surface area contributed by atoms with E-state index >= 15 is 0 Å². The molecule has 0 fully saturated rings. The van der Waals surface area contributed by atoms with Gasteiger partial charge >= 0.3 is 0 Å². The van der Waals surface area contributed by atoms with Crippen molar-refractivity contribution in [3.05, 3.63) is 60.2 Å². The van der Waals surface area contributed by atoms with Gasteiger partial charge in [0.1, 0.15) is 0 Å². The van der Waals surface area contributed by atoms with Gasteiger partial charge in [-0.2, -0.15) is 0 Å². The molecule has 0 aliphatic rings. The van der Waals surface area contributed by atoms with Gasteiger partial charge < -0.3 is 10.8 Å². The van der Waals surface area contributed by atoms with Crippen molar-refractivity contribution in [2.24, 2.45) is 5.73 Å². The fourth-order valence-electron chi connectivity index (χ4n) is 1.69. The van der Waals surface area contributed by atoms with Crippen LogP contribution in [0.2, 0.25) is 0 Å². The Labute approximate surface area is 124 Å². The fraction of sp³-hybridized carbons (Fsp3) is 0.200. The van der Waals surface area contributed by atoms with E-state index in [1.165, 1.54) is 9.79 Å². The number of nitrogens with two attached hydrogens (primary N) is 1. The summed E-state index contributed by atoms with van der Waals surface area (Å²) in [7, 11) is 0. The van der Waals surface area contributed by atoms with Gasteiger partial charge in [-0.15, -0.1) is 12.4 Å². The molecule has 2 rings (SSSR count). The van der Waals surface area contributed by atoms with Crippen molar-refractivity contribution >= 4 is 24.2 Å². The smallest absolute Gasteiger partial charge is 0.0585 e. The molecule has 102 valence electrons. The SMILES string of the molecule is Cl.N[C@H](CO)Cc1ccc(Sc2ccccc2)cc1. The van der Waals surface area contributed by atoms with Crippen molar-refractivity contribution in [2.75, 3.05) is 6.61 Å². The molecule has 0 bridgehead atoms. The van der Waals surface area contributed by atoms with Gasteiger partial charge in [-0.05, 0) is 36.2 Å². The van der Waals surface area contributed by atoms with Crippen LogP contribution in [0, 0.1) is 0 Å². The molecule has 0 aromatic heterocycles. The zero-order chi connectivity index (χ0) is 12.8. The predicted molar refractivity (Wildman–Crippen MR) is 83.0 cm³/mol. The van der Waals surface area contributed by atoms with E-state index in [0.29, 0.717) is 6.42 Å². The van der Waals surface area contributed by atoms with Gasteiger partial charge in [-0.1, -0.05) is 42.1 Å². The summed E-state index contributed by atoms with van der Waals surface area (Å²) in [4.78, 5) is 2.44. The van der Waals surface area contributed by atoms with Crippen molar-refractivity contribution in [1.82, 2.24) is 0 Å². The predicted octanol–water partition coefficient (Wildman–Crippen LogP) is 3.12. The summed E-state index contributed by atoms with van der Waals surface area (Å²) in [5.41, 5.74) is 6.87. The van der Waals surface area contributed by atoms with Crippen LogP contribution >= 0.6 is 24.2 Å². The van der Waals surface area contributed by atoms with E-state index in [1.54, 1.807) is 11.8 Å². The summed E-state index contributed by atoms with van der Waals surface area (Å²) >= 11 is 1.74. The van der Waals surface area contributed by atoms with Crippen LogP contribution in [-0.4, -0.2) is 17.8 Å². The fourth-order valence-corrected chi connectivity index (χ4v) is 2.52. The molecule has 2 nitrogen and oxygen atoms in total. The van der Waals surface area contributed by atoms with E-state index in [9.17, 15) is 0 Å². The van der Waals surface area contributed by atoms with Gasteiger partial charge in [-0.25, -0.2) is 0 Å². The van der Waals surface area contributed by atoms with Crippen LogP contribution in [0.4, 0.5) is 0 Å². The van der Waals surface area contributed by atoms with E-state index in [0.717, 1.165) is 5.56 Å². The van der Waals surface area contributed by atoms with Crippen LogP contribution < -0.4 is 5.73 Å². The maximum atomic E-state index is 8.92. The second kappa shape index (κ2) is 8.23. The van der Waals surface area contributed by atoms with E-state index < -0.39 is 0 Å². The Bertz CT molecular complexity index is 475. The van der Waals surface area contributed by atoms with E-state index in [1.807, 2.05) is 18.2 Å². The van der Waals surface area contributed by atoms with E-state index in [-0.39, 0.29) is 25.1 Å². The molecule has 0 saturated carbocycles. The molecule has 19 heavy (non-hydrogen) atoms. The molecular weight excluding hydrogens is 278 g/mol. The van der Waals surface area contributed by atoms with Gasteiger partial charge in [0.2, 0.25) is 0 Å². The van der Waals surface area contributed by atoms with Crippen molar-refractivity contribution in [3.63, 3.8) is 0 Å². The minimum absolute atomic E-state index is 0. The van der Waals surface area contributed by atoms with Crippen molar-refractivity contribution in [3.8, 4) is 0 Å². The summed E-state index contributed by atoms with van der Waals surface area (Å²) in [6.07, 6.45) is 0.715. The monoisotopic (exact) mass is 295 g/mol.